The minimum atomic E-state index is -4.87. The van der Waals surface area contributed by atoms with Gasteiger partial charge in [0.25, 0.3) is 0 Å². The predicted molar refractivity (Wildman–Crippen MR) is 83.5 cm³/mol. The van der Waals surface area contributed by atoms with Gasteiger partial charge >= 0.3 is 20.8 Å². The maximum atomic E-state index is 10.6. The Labute approximate surface area is 228 Å². The average Bonchev–Trinajstić information content (AvgIpc) is 2.25. The van der Waals surface area contributed by atoms with Crippen LogP contribution in [0.2, 0.25) is 0 Å². The zero-order valence-corrected chi connectivity index (χ0v) is 22.2. The molecule has 1 rings (SSSR count). The third-order valence-corrected chi connectivity index (χ3v) is 4.76. The van der Waals surface area contributed by atoms with Gasteiger partial charge in [-0.25, -0.2) is 4.18 Å². The van der Waals surface area contributed by atoms with Crippen LogP contribution in [-0.2, 0) is 31.6 Å². The molecule has 15 heteroatoms. The first-order chi connectivity index (χ1) is 8.91. The van der Waals surface area contributed by atoms with Crippen molar-refractivity contribution in [3.63, 3.8) is 0 Å². The molecule has 0 aromatic heterocycles. The summed E-state index contributed by atoms with van der Waals surface area (Å²) < 4.78 is 67.3. The van der Waals surface area contributed by atoms with E-state index in [-0.39, 0.29) is 117 Å². The van der Waals surface area contributed by atoms with Crippen molar-refractivity contribution in [3.05, 3.63) is 20.6 Å². The molecule has 9 nitrogen and oxygen atoms in total. The number of hydrogen-bond acceptors (Lipinski definition) is 7. The molecule has 3 N–H and O–H groups in total. The molecule has 0 aliphatic carbocycles. The van der Waals surface area contributed by atoms with Crippen LogP contribution in [0.25, 0.3) is 0 Å². The maximum absolute atomic E-state index is 10.6. The van der Waals surface area contributed by atoms with E-state index >= 15 is 0 Å². The number of rotatable bonds is 5. The molecule has 0 heterocycles. The smallest absolute Gasteiger partial charge is 0.446 e. The Morgan fingerprint density at radius 3 is 1.91 bits per heavy atom. The molecule has 116 valence electrons. The minimum absolute atomic E-state index is 0. The van der Waals surface area contributed by atoms with Crippen molar-refractivity contribution in [1.82, 2.24) is 0 Å². The number of halogens is 2. The molecule has 1 aromatic rings. The standard InChI is InChI=1S/C7H6Br2O9S2.2K/c8-5-3(2-17-19(11,12)13)1-4(10)7(6(5)9)18-20(14,15)16;;/h1,10H,2H2,(H,11,12,13)(H,14,15,16);;. The molecule has 0 aliphatic heterocycles. The Bertz CT molecular complexity index is 735. The van der Waals surface area contributed by atoms with Crippen LogP contribution in [0.15, 0.2) is 15.0 Å². The van der Waals surface area contributed by atoms with Crippen LogP contribution < -0.4 is 4.18 Å². The van der Waals surface area contributed by atoms with Gasteiger partial charge in [-0.15, -0.1) is 0 Å². The molecule has 22 heavy (non-hydrogen) atoms. The summed E-state index contributed by atoms with van der Waals surface area (Å²) >= 11 is 5.85. The van der Waals surface area contributed by atoms with E-state index in [0.717, 1.165) is 6.07 Å². The monoisotopic (exact) mass is 534 g/mol. The van der Waals surface area contributed by atoms with Gasteiger partial charge in [0.05, 0.1) is 11.1 Å². The molecule has 0 spiro atoms. The van der Waals surface area contributed by atoms with Gasteiger partial charge in [-0.1, -0.05) is 0 Å². The van der Waals surface area contributed by atoms with E-state index in [9.17, 15) is 21.9 Å². The molecule has 0 aliphatic rings. The van der Waals surface area contributed by atoms with Crippen LogP contribution >= 0.6 is 31.9 Å². The molecule has 0 fully saturated rings. The van der Waals surface area contributed by atoms with Gasteiger partial charge in [0.1, 0.15) is 0 Å². The quantitative estimate of drug-likeness (QED) is 0.365. The number of phenolic OH excluding ortho intramolecular Hbond substituents is 1. The molecule has 1 aromatic carbocycles. The van der Waals surface area contributed by atoms with Crippen molar-refractivity contribution in [2.75, 3.05) is 0 Å². The Kier molecular flexibility index (Phi) is 13.3. The van der Waals surface area contributed by atoms with Crippen LogP contribution in [-0.4, -0.2) is 134 Å². The fraction of sp³-hybridized carbons (Fsp3) is 0.143. The van der Waals surface area contributed by atoms with Gasteiger partial charge in [0.15, 0.2) is 5.75 Å². The summed E-state index contributed by atoms with van der Waals surface area (Å²) in [6.07, 6.45) is 0. The number of aromatic hydroxyl groups is 1. The van der Waals surface area contributed by atoms with Crippen molar-refractivity contribution in [2.45, 2.75) is 6.61 Å². The first-order valence-electron chi connectivity index (χ1n) is 4.39. The molecule has 0 saturated carbocycles. The van der Waals surface area contributed by atoms with E-state index in [1.165, 1.54) is 0 Å². The van der Waals surface area contributed by atoms with Crippen LogP contribution in [0, 0.1) is 0 Å². The van der Waals surface area contributed by atoms with Gasteiger partial charge in [-0.05, 0) is 43.5 Å². The van der Waals surface area contributed by atoms with Crippen LogP contribution in [0.1, 0.15) is 5.56 Å². The van der Waals surface area contributed by atoms with Crippen molar-refractivity contribution in [2.24, 2.45) is 0 Å². The molecule has 0 bridgehead atoms. The minimum Gasteiger partial charge on any atom is -0.504 e. The molecular formula is C7H6Br2K2O9S2. The van der Waals surface area contributed by atoms with E-state index in [4.69, 9.17) is 9.11 Å². The zero-order chi connectivity index (χ0) is 15.7. The third kappa shape index (κ3) is 9.51. The van der Waals surface area contributed by atoms with Gasteiger partial charge in [-0.2, -0.15) is 16.8 Å². The first-order valence-corrected chi connectivity index (χ1v) is 8.71. The second-order valence-corrected chi connectivity index (χ2v) is 6.91. The van der Waals surface area contributed by atoms with Crippen LogP contribution in [0.5, 0.6) is 11.5 Å². The molecular weight excluding hydrogens is 530 g/mol. The Morgan fingerprint density at radius 1 is 1.00 bits per heavy atom. The Morgan fingerprint density at radius 2 is 1.50 bits per heavy atom. The van der Waals surface area contributed by atoms with E-state index in [1.807, 2.05) is 0 Å². The first kappa shape index (κ1) is 27.1. The summed E-state index contributed by atoms with van der Waals surface area (Å²) in [5.74, 6) is -1.33. The second-order valence-electron chi connectivity index (χ2n) is 3.21. The van der Waals surface area contributed by atoms with Crippen molar-refractivity contribution in [1.29, 1.82) is 0 Å². The second kappa shape index (κ2) is 10.9. The van der Waals surface area contributed by atoms with Gasteiger partial charge in [0, 0.05) is 107 Å². The molecule has 0 saturated heterocycles. The summed E-state index contributed by atoms with van der Waals surface area (Å²) in [6, 6.07) is 0.917. The fourth-order valence-electron chi connectivity index (χ4n) is 1.07. The third-order valence-electron chi connectivity index (χ3n) is 1.77. The molecule has 0 amide bonds. The summed E-state index contributed by atoms with van der Waals surface area (Å²) in [6.45, 7) is -0.641. The SMILES string of the molecule is O=S(=O)(O)OCc1cc(O)c(OS(=O)(=O)O)c(Br)c1Br.[K].[K]. The number of phenols is 1. The van der Waals surface area contributed by atoms with E-state index < -0.39 is 38.9 Å². The Hall–Kier alpha value is 2.83. The van der Waals surface area contributed by atoms with Crippen LogP contribution in [0.4, 0.5) is 0 Å². The molecule has 0 unspecified atom stereocenters. The van der Waals surface area contributed by atoms with Crippen molar-refractivity contribution in [3.8, 4) is 11.5 Å². The summed E-state index contributed by atoms with van der Waals surface area (Å²) in [5, 5.41) is 9.57. The number of benzene rings is 1. The topological polar surface area (TPSA) is 147 Å². The number of hydrogen-bond donors (Lipinski definition) is 3. The van der Waals surface area contributed by atoms with E-state index in [0.29, 0.717) is 0 Å². The normalized spacial score (nSPS) is 11.3. The Balaban J connectivity index is 0. The maximum Gasteiger partial charge on any atom is 0.446 e. The summed E-state index contributed by atoms with van der Waals surface area (Å²) in [5.41, 5.74) is 0.0506. The molecule has 2 radical (unpaired) electrons. The molecule has 0 atom stereocenters. The van der Waals surface area contributed by atoms with Gasteiger partial charge < -0.3 is 9.29 Å². The van der Waals surface area contributed by atoms with E-state index in [1.54, 1.807) is 0 Å². The van der Waals surface area contributed by atoms with Gasteiger partial charge in [0.2, 0.25) is 5.75 Å². The van der Waals surface area contributed by atoms with Crippen molar-refractivity contribution < 1.29 is 39.4 Å². The summed E-state index contributed by atoms with van der Waals surface area (Å²) in [4.78, 5) is 0. The largest absolute Gasteiger partial charge is 0.504 e. The van der Waals surface area contributed by atoms with Crippen molar-refractivity contribution >= 4 is 155 Å². The van der Waals surface area contributed by atoms with E-state index in [2.05, 4.69) is 40.2 Å². The average molecular weight is 536 g/mol. The predicted octanol–water partition coefficient (Wildman–Crippen LogP) is 0.657. The van der Waals surface area contributed by atoms with Crippen LogP contribution in [0.3, 0.4) is 0 Å². The fourth-order valence-corrected chi connectivity index (χ4v) is 2.78. The zero-order valence-electron chi connectivity index (χ0n) is 11.1. The van der Waals surface area contributed by atoms with Gasteiger partial charge in [-0.3, -0.25) is 9.11 Å². The summed E-state index contributed by atoms with van der Waals surface area (Å²) in [7, 11) is -9.55.